The smallest absolute Gasteiger partial charge is 0.147 e. The lowest BCUT2D eigenvalue weighted by Crippen LogP contribution is -2.18. The molecule has 1 aliphatic rings. The van der Waals surface area contributed by atoms with E-state index in [2.05, 4.69) is 9.97 Å². The summed E-state index contributed by atoms with van der Waals surface area (Å²) < 4.78 is 14.5. The van der Waals surface area contributed by atoms with E-state index in [1.165, 1.54) is 18.8 Å². The highest BCUT2D eigenvalue weighted by atomic mass is 35.5. The van der Waals surface area contributed by atoms with Gasteiger partial charge in [-0.05, 0) is 24.8 Å². The van der Waals surface area contributed by atoms with Crippen molar-refractivity contribution in [3.8, 4) is 11.1 Å². The van der Waals surface area contributed by atoms with Gasteiger partial charge < -0.3 is 10.8 Å². The van der Waals surface area contributed by atoms with Crippen molar-refractivity contribution in [2.45, 2.75) is 38.2 Å². The summed E-state index contributed by atoms with van der Waals surface area (Å²) in [5.41, 5.74) is 6.99. The van der Waals surface area contributed by atoms with Gasteiger partial charge in [-0.25, -0.2) is 9.37 Å². The van der Waals surface area contributed by atoms with Crippen molar-refractivity contribution >= 4 is 17.4 Å². The highest BCUT2D eigenvalue weighted by molar-refractivity contribution is 6.33. The van der Waals surface area contributed by atoms with Crippen molar-refractivity contribution in [1.82, 2.24) is 9.97 Å². The van der Waals surface area contributed by atoms with E-state index in [-0.39, 0.29) is 17.3 Å². The van der Waals surface area contributed by atoms with Crippen LogP contribution in [0.15, 0.2) is 24.7 Å². The van der Waals surface area contributed by atoms with E-state index in [1.54, 1.807) is 6.07 Å². The Morgan fingerprint density at radius 2 is 1.91 bits per heavy atom. The molecule has 0 amide bonds. The predicted octanol–water partition coefficient (Wildman–Crippen LogP) is 4.13. The number of anilines is 1. The van der Waals surface area contributed by atoms with Gasteiger partial charge in [0.05, 0.1) is 17.3 Å². The maximum atomic E-state index is 14.5. The van der Waals surface area contributed by atoms with Crippen LogP contribution < -0.4 is 5.73 Å². The molecule has 0 aromatic carbocycles. The van der Waals surface area contributed by atoms with Gasteiger partial charge in [0.2, 0.25) is 0 Å². The highest BCUT2D eigenvalue weighted by Crippen LogP contribution is 2.40. The first kappa shape index (κ1) is 16.1. The number of halogens is 2. The fraction of sp³-hybridized carbons (Fsp3) is 0.412. The van der Waals surface area contributed by atoms with Gasteiger partial charge in [-0.2, -0.15) is 0 Å². The third-order valence-corrected chi connectivity index (χ3v) is 4.80. The minimum atomic E-state index is -0.876. The van der Waals surface area contributed by atoms with Crippen LogP contribution in [0, 0.1) is 11.7 Å². The average molecular weight is 336 g/mol. The van der Waals surface area contributed by atoms with Gasteiger partial charge in [-0.15, -0.1) is 0 Å². The molecule has 1 fully saturated rings. The first-order valence-corrected chi connectivity index (χ1v) is 8.18. The molecule has 2 heterocycles. The zero-order chi connectivity index (χ0) is 16.4. The Morgan fingerprint density at radius 3 is 2.65 bits per heavy atom. The zero-order valence-electron chi connectivity index (χ0n) is 12.7. The molecule has 23 heavy (non-hydrogen) atoms. The number of nitrogens with zero attached hydrogens (tertiary/aromatic N) is 2. The largest absolute Gasteiger partial charge is 0.388 e. The maximum absolute atomic E-state index is 14.5. The third-order valence-electron chi connectivity index (χ3n) is 4.50. The second kappa shape index (κ2) is 6.81. The summed E-state index contributed by atoms with van der Waals surface area (Å²) in [7, 11) is 0. The Bertz CT molecular complexity index is 704. The number of nitrogens with two attached hydrogens (primary N) is 1. The van der Waals surface area contributed by atoms with E-state index in [1.807, 2.05) is 0 Å². The molecular formula is C17H19ClFN3O. The van der Waals surface area contributed by atoms with Crippen LogP contribution in [0.5, 0.6) is 0 Å². The lowest BCUT2D eigenvalue weighted by molar-refractivity contribution is 0.0820. The topological polar surface area (TPSA) is 72.0 Å². The van der Waals surface area contributed by atoms with E-state index >= 15 is 0 Å². The van der Waals surface area contributed by atoms with E-state index in [4.69, 9.17) is 17.3 Å². The first-order chi connectivity index (χ1) is 11.1. The molecular weight excluding hydrogens is 317 g/mol. The van der Waals surface area contributed by atoms with Gasteiger partial charge in [-0.3, -0.25) is 4.98 Å². The molecule has 3 N–H and O–H groups in total. The number of pyridine rings is 2. The van der Waals surface area contributed by atoms with E-state index in [0.717, 1.165) is 31.9 Å². The van der Waals surface area contributed by atoms with Crippen molar-refractivity contribution in [1.29, 1.82) is 0 Å². The molecule has 1 saturated carbocycles. The number of nitrogen functional groups attached to an aromatic ring is 1. The van der Waals surface area contributed by atoms with Crippen LogP contribution in [0.4, 0.5) is 10.2 Å². The van der Waals surface area contributed by atoms with Crippen LogP contribution in [0.1, 0.15) is 43.8 Å². The third kappa shape index (κ3) is 3.31. The summed E-state index contributed by atoms with van der Waals surface area (Å²) in [4.78, 5) is 7.83. The summed E-state index contributed by atoms with van der Waals surface area (Å²) in [5, 5.41) is 11.1. The van der Waals surface area contributed by atoms with Gasteiger partial charge in [0, 0.05) is 29.1 Å². The maximum Gasteiger partial charge on any atom is 0.147 e. The lowest BCUT2D eigenvalue weighted by Gasteiger charge is -2.28. The minimum Gasteiger partial charge on any atom is -0.388 e. The van der Waals surface area contributed by atoms with Gasteiger partial charge in [0.1, 0.15) is 11.6 Å². The standard InChI is InChI=1S/C17H19ClFN3O/c18-13-8-22-15(20)6-11(13)12-7-21-9-14(19)16(12)17(23)10-4-2-1-3-5-10/h6-10,17,23H,1-5H2,(H2,20,22). The number of hydrogen-bond donors (Lipinski definition) is 2. The summed E-state index contributed by atoms with van der Waals surface area (Å²) >= 11 is 6.20. The lowest BCUT2D eigenvalue weighted by atomic mass is 9.81. The van der Waals surface area contributed by atoms with Crippen LogP contribution in [0.25, 0.3) is 11.1 Å². The number of aromatic nitrogens is 2. The SMILES string of the molecule is Nc1cc(-c2cncc(F)c2C(O)C2CCCCC2)c(Cl)cn1. The van der Waals surface area contributed by atoms with Crippen LogP contribution in [-0.4, -0.2) is 15.1 Å². The molecule has 1 unspecified atom stereocenters. The molecule has 0 saturated heterocycles. The zero-order valence-corrected chi connectivity index (χ0v) is 13.4. The van der Waals surface area contributed by atoms with Crippen molar-refractivity contribution in [3.63, 3.8) is 0 Å². The van der Waals surface area contributed by atoms with Crippen LogP contribution in [0.2, 0.25) is 5.02 Å². The molecule has 2 aromatic heterocycles. The van der Waals surface area contributed by atoms with E-state index in [0.29, 0.717) is 16.1 Å². The molecule has 3 rings (SSSR count). The van der Waals surface area contributed by atoms with E-state index in [9.17, 15) is 9.50 Å². The van der Waals surface area contributed by atoms with Crippen LogP contribution in [-0.2, 0) is 0 Å². The fourth-order valence-corrected chi connectivity index (χ4v) is 3.51. The summed E-state index contributed by atoms with van der Waals surface area (Å²) in [6, 6.07) is 1.58. The second-order valence-corrected chi connectivity index (χ2v) is 6.42. The molecule has 122 valence electrons. The first-order valence-electron chi connectivity index (χ1n) is 7.80. The molecule has 2 aromatic rings. The Kier molecular flexibility index (Phi) is 4.78. The van der Waals surface area contributed by atoms with Crippen LogP contribution in [0.3, 0.4) is 0 Å². The molecule has 0 radical (unpaired) electrons. The van der Waals surface area contributed by atoms with Gasteiger partial charge in [-0.1, -0.05) is 30.9 Å². The minimum absolute atomic E-state index is 0.0531. The monoisotopic (exact) mass is 335 g/mol. The highest BCUT2D eigenvalue weighted by Gasteiger charge is 2.28. The van der Waals surface area contributed by atoms with Gasteiger partial charge >= 0.3 is 0 Å². The van der Waals surface area contributed by atoms with E-state index < -0.39 is 11.9 Å². The second-order valence-electron chi connectivity index (χ2n) is 6.01. The number of rotatable bonds is 3. The Balaban J connectivity index is 2.08. The predicted molar refractivity (Wildman–Crippen MR) is 88.4 cm³/mol. The molecule has 1 atom stereocenters. The van der Waals surface area contributed by atoms with Crippen molar-refractivity contribution in [2.24, 2.45) is 5.92 Å². The van der Waals surface area contributed by atoms with Gasteiger partial charge in [0.15, 0.2) is 0 Å². The van der Waals surface area contributed by atoms with Crippen molar-refractivity contribution < 1.29 is 9.50 Å². The average Bonchev–Trinajstić information content (AvgIpc) is 2.57. The Hall–Kier alpha value is -1.72. The van der Waals surface area contributed by atoms with Crippen molar-refractivity contribution in [2.75, 3.05) is 5.73 Å². The normalized spacial score (nSPS) is 17.2. The quantitative estimate of drug-likeness (QED) is 0.884. The summed E-state index contributed by atoms with van der Waals surface area (Å²) in [5.74, 6) is -0.184. The summed E-state index contributed by atoms with van der Waals surface area (Å²) in [6.45, 7) is 0. The number of hydrogen-bond acceptors (Lipinski definition) is 4. The Morgan fingerprint density at radius 1 is 1.17 bits per heavy atom. The molecule has 0 bridgehead atoms. The fourth-order valence-electron chi connectivity index (χ4n) is 3.31. The molecule has 1 aliphatic carbocycles. The molecule has 0 spiro atoms. The van der Waals surface area contributed by atoms with Crippen LogP contribution >= 0.6 is 11.6 Å². The van der Waals surface area contributed by atoms with Gasteiger partial charge in [0.25, 0.3) is 0 Å². The number of aliphatic hydroxyl groups excluding tert-OH is 1. The summed E-state index contributed by atoms with van der Waals surface area (Å²) in [6.07, 6.45) is 8.28. The molecule has 6 heteroatoms. The number of aliphatic hydroxyl groups is 1. The molecule has 0 aliphatic heterocycles. The Labute approximate surface area is 139 Å². The molecule has 4 nitrogen and oxygen atoms in total. The van der Waals surface area contributed by atoms with Crippen molar-refractivity contribution in [3.05, 3.63) is 41.1 Å².